The maximum absolute atomic E-state index is 12.1. The van der Waals surface area contributed by atoms with E-state index in [-0.39, 0.29) is 12.6 Å². The molecule has 6 nitrogen and oxygen atoms in total. The average Bonchev–Trinajstić information content (AvgIpc) is 3.37. The first-order chi connectivity index (χ1) is 16.6. The third-order valence-electron chi connectivity index (χ3n) is 6.29. The van der Waals surface area contributed by atoms with Crippen LogP contribution in [-0.4, -0.2) is 12.9 Å². The molecule has 1 saturated heterocycles. The normalized spacial score (nSPS) is 19.7. The molecular weight excluding hydrogens is 451 g/mol. The summed E-state index contributed by atoms with van der Waals surface area (Å²) < 4.78 is 39.4. The first kappa shape index (κ1) is 26.9. The number of hydrogen-bond acceptors (Lipinski definition) is 6. The number of ether oxygens (including phenoxy) is 2. The van der Waals surface area contributed by atoms with Gasteiger partial charge in [0.15, 0.2) is 0 Å². The van der Waals surface area contributed by atoms with Gasteiger partial charge in [0.2, 0.25) is 12.0 Å². The molecule has 2 atom stereocenters. The lowest BCUT2D eigenvalue weighted by Crippen LogP contribution is -2.21. The second-order valence-electron chi connectivity index (χ2n) is 9.35. The molecule has 0 saturated carbocycles. The zero-order valence-electron chi connectivity index (χ0n) is 21.1. The van der Waals surface area contributed by atoms with Crippen LogP contribution in [0.2, 0.25) is 0 Å². The maximum atomic E-state index is 12.1. The van der Waals surface area contributed by atoms with Crippen molar-refractivity contribution >= 4 is 7.82 Å². The summed E-state index contributed by atoms with van der Waals surface area (Å²) in [4.78, 5) is 0. The van der Waals surface area contributed by atoms with E-state index in [1.807, 2.05) is 12.1 Å². The predicted octanol–water partition coefficient (Wildman–Crippen LogP) is 8.81. The van der Waals surface area contributed by atoms with Gasteiger partial charge in [-0.25, -0.2) is 4.57 Å². The van der Waals surface area contributed by atoms with Gasteiger partial charge < -0.3 is 18.5 Å². The summed E-state index contributed by atoms with van der Waals surface area (Å²) in [5.74, 6) is 1.24. The highest BCUT2D eigenvalue weighted by Crippen LogP contribution is 2.63. The summed E-state index contributed by atoms with van der Waals surface area (Å²) in [5.41, 5.74) is 1.33. The monoisotopic (exact) mass is 494 g/mol. The van der Waals surface area contributed by atoms with E-state index in [4.69, 9.17) is 23.0 Å². The first-order valence-corrected chi connectivity index (χ1v) is 14.9. The molecule has 34 heavy (non-hydrogen) atoms. The number of phosphoric ester groups is 1. The third-order valence-corrected chi connectivity index (χ3v) is 7.57. The lowest BCUT2D eigenvalue weighted by atomic mass is 10.0. The Labute approximate surface area is 206 Å². The lowest BCUT2D eigenvalue weighted by molar-refractivity contribution is -0.0860. The molecule has 3 rings (SSSR count). The van der Waals surface area contributed by atoms with Crippen molar-refractivity contribution in [2.75, 3.05) is 6.61 Å². The molecule has 1 aromatic carbocycles. The third kappa shape index (κ3) is 9.19. The number of benzene rings is 1. The van der Waals surface area contributed by atoms with Gasteiger partial charge >= 0.3 is 13.8 Å². The molecule has 2 aliphatic rings. The van der Waals surface area contributed by atoms with Crippen LogP contribution in [0, 0.1) is 0 Å². The van der Waals surface area contributed by atoms with E-state index in [0.29, 0.717) is 12.2 Å². The molecule has 0 aliphatic carbocycles. The van der Waals surface area contributed by atoms with E-state index in [2.05, 4.69) is 26.0 Å². The van der Waals surface area contributed by atoms with Crippen LogP contribution in [-0.2, 0) is 29.3 Å². The van der Waals surface area contributed by atoms with Gasteiger partial charge in [-0.15, -0.1) is 0 Å². The van der Waals surface area contributed by atoms with Gasteiger partial charge in [0.25, 0.3) is 0 Å². The number of hydrogen-bond donors (Lipinski definition) is 0. The maximum Gasteiger partial charge on any atom is 0.590 e. The molecule has 0 spiro atoms. The Hall–Kier alpha value is -1.65. The molecule has 1 fully saturated rings. The number of rotatable bonds is 19. The van der Waals surface area contributed by atoms with Crippen LogP contribution in [0.25, 0.3) is 0 Å². The number of fused-ring (bicyclic) bond motifs is 2. The Morgan fingerprint density at radius 2 is 1.41 bits per heavy atom. The van der Waals surface area contributed by atoms with Gasteiger partial charge in [-0.3, -0.25) is 4.52 Å². The topological polar surface area (TPSA) is 63.2 Å². The van der Waals surface area contributed by atoms with Gasteiger partial charge in [-0.2, -0.15) is 0 Å². The zero-order valence-corrected chi connectivity index (χ0v) is 22.0. The van der Waals surface area contributed by atoms with Crippen molar-refractivity contribution < 1.29 is 27.6 Å². The van der Waals surface area contributed by atoms with Crippen LogP contribution in [0.1, 0.15) is 109 Å². The van der Waals surface area contributed by atoms with Crippen molar-refractivity contribution in [2.24, 2.45) is 0 Å². The van der Waals surface area contributed by atoms with E-state index in [1.54, 1.807) is 0 Å². The Morgan fingerprint density at radius 1 is 0.794 bits per heavy atom. The van der Waals surface area contributed by atoms with Gasteiger partial charge in [-0.05, 0) is 37.0 Å². The summed E-state index contributed by atoms with van der Waals surface area (Å²) in [7, 11) is -3.49. The van der Waals surface area contributed by atoms with Gasteiger partial charge in [0.05, 0.1) is 0 Å². The SMILES string of the molecule is CCCCCCCCCCCCc1ccc(OC(CCCCC)OC2=C3COP(=O)(O3)O2)cc1. The van der Waals surface area contributed by atoms with Crippen molar-refractivity contribution in [3.8, 4) is 5.75 Å². The highest BCUT2D eigenvalue weighted by atomic mass is 31.2. The molecule has 2 aliphatic heterocycles. The van der Waals surface area contributed by atoms with Crippen LogP contribution in [0.3, 0.4) is 0 Å². The fraction of sp³-hybridized carbons (Fsp3) is 0.704. The molecule has 2 bridgehead atoms. The molecule has 0 N–H and O–H groups in total. The van der Waals surface area contributed by atoms with Gasteiger partial charge in [0.1, 0.15) is 12.4 Å². The summed E-state index contributed by atoms with van der Waals surface area (Å²) in [5, 5.41) is 0. The van der Waals surface area contributed by atoms with Crippen LogP contribution in [0.4, 0.5) is 0 Å². The van der Waals surface area contributed by atoms with Gasteiger partial charge in [0, 0.05) is 6.42 Å². The number of unbranched alkanes of at least 4 members (excludes halogenated alkanes) is 11. The molecule has 0 radical (unpaired) electrons. The second-order valence-corrected chi connectivity index (χ2v) is 10.9. The van der Waals surface area contributed by atoms with E-state index in [1.165, 1.54) is 69.8 Å². The zero-order chi connectivity index (χ0) is 24.1. The van der Waals surface area contributed by atoms with Crippen LogP contribution in [0.15, 0.2) is 36.0 Å². The van der Waals surface area contributed by atoms with Crippen molar-refractivity contribution in [3.63, 3.8) is 0 Å². The van der Waals surface area contributed by atoms with E-state index in [9.17, 15) is 4.57 Å². The summed E-state index contributed by atoms with van der Waals surface area (Å²) in [6.45, 7) is 4.54. The van der Waals surface area contributed by atoms with Crippen LogP contribution in [0.5, 0.6) is 5.75 Å². The molecule has 0 aromatic heterocycles. The molecule has 2 heterocycles. The minimum atomic E-state index is -3.49. The smallest absolute Gasteiger partial charge is 0.455 e. The minimum Gasteiger partial charge on any atom is -0.455 e. The standard InChI is InChI=1S/C27H43O6P/c1-3-5-7-8-9-10-11-12-13-15-16-23-18-20-24(21-19-23)30-26(17-14-6-4-2)31-27-25-22-29-34(28,32-25)33-27/h18-21,26H,3-17,22H2,1-2H3. The molecule has 1 aromatic rings. The Kier molecular flexibility index (Phi) is 11.6. The molecule has 192 valence electrons. The van der Waals surface area contributed by atoms with Crippen LogP contribution >= 0.6 is 7.82 Å². The fourth-order valence-corrected chi connectivity index (χ4v) is 5.39. The summed E-state index contributed by atoms with van der Waals surface area (Å²) >= 11 is 0. The lowest BCUT2D eigenvalue weighted by Gasteiger charge is -2.21. The first-order valence-electron chi connectivity index (χ1n) is 13.4. The highest BCUT2D eigenvalue weighted by Gasteiger charge is 2.49. The highest BCUT2D eigenvalue weighted by molar-refractivity contribution is 7.49. The predicted molar refractivity (Wildman–Crippen MR) is 134 cm³/mol. The average molecular weight is 495 g/mol. The van der Waals surface area contributed by atoms with Crippen LogP contribution < -0.4 is 4.74 Å². The molecular formula is C27H43O6P. The van der Waals surface area contributed by atoms with Crippen molar-refractivity contribution in [1.82, 2.24) is 0 Å². The summed E-state index contributed by atoms with van der Waals surface area (Å²) in [6, 6.07) is 8.28. The Morgan fingerprint density at radius 3 is 2.00 bits per heavy atom. The van der Waals surface area contributed by atoms with Crippen molar-refractivity contribution in [2.45, 2.75) is 116 Å². The quantitative estimate of drug-likeness (QED) is 0.109. The number of aryl methyl sites for hydroxylation is 1. The largest absolute Gasteiger partial charge is 0.590 e. The van der Waals surface area contributed by atoms with Crippen molar-refractivity contribution in [1.29, 1.82) is 0 Å². The molecule has 0 amide bonds. The minimum absolute atomic E-state index is 0.113. The fourth-order valence-electron chi connectivity index (χ4n) is 4.23. The Balaban J connectivity index is 1.36. The second kappa shape index (κ2) is 14.7. The van der Waals surface area contributed by atoms with Gasteiger partial charge in [-0.1, -0.05) is 96.6 Å². The number of phosphoric acid groups is 1. The van der Waals surface area contributed by atoms with Crippen molar-refractivity contribution in [3.05, 3.63) is 41.5 Å². The van der Waals surface area contributed by atoms with E-state index in [0.717, 1.165) is 31.4 Å². The van der Waals surface area contributed by atoms with E-state index >= 15 is 0 Å². The molecule has 2 unspecified atom stereocenters. The Bertz CT molecular complexity index is 791. The summed E-state index contributed by atoms with van der Waals surface area (Å²) in [6.07, 6.45) is 18.0. The molecule has 7 heteroatoms. The van der Waals surface area contributed by atoms with E-state index < -0.39 is 14.1 Å².